The van der Waals surface area contributed by atoms with Crippen molar-refractivity contribution < 1.29 is 4.74 Å². The van der Waals surface area contributed by atoms with Gasteiger partial charge in [0.25, 0.3) is 0 Å². The number of hydrogen-bond acceptors (Lipinski definition) is 7. The summed E-state index contributed by atoms with van der Waals surface area (Å²) < 4.78 is 6.56. The van der Waals surface area contributed by atoms with Crippen molar-refractivity contribution in [1.82, 2.24) is 19.9 Å². The SMILES string of the molecule is Nc1ncnc2[nH]c(Sc3cc4c(cc3Br)OCCN4)nc12. The molecule has 2 aromatic heterocycles. The van der Waals surface area contributed by atoms with Crippen LogP contribution in [0.25, 0.3) is 11.2 Å². The quantitative estimate of drug-likeness (QED) is 0.629. The fourth-order valence-electron chi connectivity index (χ4n) is 2.19. The Bertz CT molecular complexity index is 867. The second-order valence-electron chi connectivity index (χ2n) is 4.65. The van der Waals surface area contributed by atoms with Crippen LogP contribution in [0, 0.1) is 0 Å². The molecular formula is C13H11BrN6OS. The van der Waals surface area contributed by atoms with Gasteiger partial charge in [-0.05, 0) is 28.1 Å². The zero-order valence-electron chi connectivity index (χ0n) is 11.3. The number of nitrogen functional groups attached to an aromatic ring is 1. The predicted octanol–water partition coefficient (Wildman–Crippen LogP) is 2.65. The number of ether oxygens (including phenoxy) is 1. The molecule has 0 radical (unpaired) electrons. The Hall–Kier alpha value is -2.00. The number of rotatable bonds is 2. The topological polar surface area (TPSA) is 102 Å². The summed E-state index contributed by atoms with van der Waals surface area (Å²) >= 11 is 5.06. The third kappa shape index (κ3) is 2.35. The van der Waals surface area contributed by atoms with Gasteiger partial charge >= 0.3 is 0 Å². The summed E-state index contributed by atoms with van der Waals surface area (Å²) in [5, 5.41) is 4.03. The minimum Gasteiger partial charge on any atom is -0.490 e. The molecule has 0 saturated carbocycles. The summed E-state index contributed by atoms with van der Waals surface area (Å²) in [4.78, 5) is 16.7. The minimum absolute atomic E-state index is 0.368. The van der Waals surface area contributed by atoms with E-state index < -0.39 is 0 Å². The zero-order chi connectivity index (χ0) is 15.1. The molecule has 0 amide bonds. The molecule has 0 spiro atoms. The maximum atomic E-state index is 5.81. The lowest BCUT2D eigenvalue weighted by molar-refractivity contribution is 0.323. The van der Waals surface area contributed by atoms with Crippen LogP contribution in [0.5, 0.6) is 5.75 Å². The number of anilines is 2. The Morgan fingerprint density at radius 2 is 2.23 bits per heavy atom. The molecule has 9 heteroatoms. The first-order valence-electron chi connectivity index (χ1n) is 6.55. The van der Waals surface area contributed by atoms with E-state index in [1.165, 1.54) is 18.1 Å². The van der Waals surface area contributed by atoms with Crippen molar-refractivity contribution in [2.45, 2.75) is 10.1 Å². The number of aromatic nitrogens is 4. The summed E-state index contributed by atoms with van der Waals surface area (Å²) in [6.07, 6.45) is 1.42. The van der Waals surface area contributed by atoms with Crippen LogP contribution in [-0.4, -0.2) is 33.1 Å². The fraction of sp³-hybridized carbons (Fsp3) is 0.154. The maximum Gasteiger partial charge on any atom is 0.172 e. The van der Waals surface area contributed by atoms with Crippen LogP contribution in [0.15, 0.2) is 33.0 Å². The Morgan fingerprint density at radius 3 is 3.09 bits per heavy atom. The number of benzene rings is 1. The second-order valence-corrected chi connectivity index (χ2v) is 6.54. The number of nitrogens with zero attached hydrogens (tertiary/aromatic N) is 3. The molecule has 0 atom stereocenters. The van der Waals surface area contributed by atoms with E-state index in [1.54, 1.807) is 0 Å². The van der Waals surface area contributed by atoms with E-state index in [2.05, 4.69) is 41.2 Å². The highest BCUT2D eigenvalue weighted by Gasteiger charge is 2.16. The fourth-order valence-corrected chi connectivity index (χ4v) is 3.59. The molecule has 3 aromatic rings. The van der Waals surface area contributed by atoms with Gasteiger partial charge in [0.2, 0.25) is 0 Å². The van der Waals surface area contributed by atoms with Crippen LogP contribution in [0.3, 0.4) is 0 Å². The van der Waals surface area contributed by atoms with Gasteiger partial charge in [0.1, 0.15) is 18.7 Å². The minimum atomic E-state index is 0.368. The molecule has 1 aliphatic rings. The van der Waals surface area contributed by atoms with Crippen molar-refractivity contribution in [2.75, 3.05) is 24.2 Å². The van der Waals surface area contributed by atoms with Crippen molar-refractivity contribution in [3.63, 3.8) is 0 Å². The Kier molecular flexibility index (Phi) is 3.30. The van der Waals surface area contributed by atoms with Crippen molar-refractivity contribution in [1.29, 1.82) is 0 Å². The summed E-state index contributed by atoms with van der Waals surface area (Å²) in [5.41, 5.74) is 8.00. The van der Waals surface area contributed by atoms with Gasteiger partial charge in [0.05, 0.1) is 5.69 Å². The van der Waals surface area contributed by atoms with E-state index in [4.69, 9.17) is 10.5 Å². The van der Waals surface area contributed by atoms with E-state index in [0.29, 0.717) is 28.7 Å². The third-order valence-corrected chi connectivity index (χ3v) is 5.07. The number of halogens is 1. The van der Waals surface area contributed by atoms with Crippen LogP contribution in [0.4, 0.5) is 11.5 Å². The van der Waals surface area contributed by atoms with Crippen molar-refractivity contribution in [3.8, 4) is 5.75 Å². The number of aromatic amines is 1. The van der Waals surface area contributed by atoms with Gasteiger partial charge in [0, 0.05) is 15.9 Å². The monoisotopic (exact) mass is 378 g/mol. The Labute approximate surface area is 138 Å². The lowest BCUT2D eigenvalue weighted by Gasteiger charge is -2.20. The van der Waals surface area contributed by atoms with E-state index in [-0.39, 0.29) is 0 Å². The first kappa shape index (κ1) is 13.6. The lowest BCUT2D eigenvalue weighted by atomic mass is 10.2. The standard InChI is InChI=1S/C13H11BrN6OS/c14-6-3-8-7(16-1-2-21-8)4-9(6)22-13-19-10-11(15)17-5-18-12(10)20-13/h3-5,16H,1-2H2,(H3,15,17,18,19,20). The molecule has 0 aliphatic carbocycles. The normalized spacial score (nSPS) is 13.5. The molecule has 0 fully saturated rings. The Balaban J connectivity index is 1.71. The van der Waals surface area contributed by atoms with Gasteiger partial charge in [-0.2, -0.15) is 0 Å². The molecule has 4 N–H and O–H groups in total. The number of H-pyrrole nitrogens is 1. The average Bonchev–Trinajstić information content (AvgIpc) is 2.92. The maximum absolute atomic E-state index is 5.81. The molecule has 1 aliphatic heterocycles. The largest absolute Gasteiger partial charge is 0.490 e. The van der Waals surface area contributed by atoms with Crippen molar-refractivity contribution >= 4 is 50.4 Å². The number of hydrogen-bond donors (Lipinski definition) is 3. The van der Waals surface area contributed by atoms with E-state index in [9.17, 15) is 0 Å². The van der Waals surface area contributed by atoms with Crippen LogP contribution >= 0.6 is 27.7 Å². The highest BCUT2D eigenvalue weighted by atomic mass is 79.9. The van der Waals surface area contributed by atoms with Crippen LogP contribution in [0.2, 0.25) is 0 Å². The van der Waals surface area contributed by atoms with Crippen molar-refractivity contribution in [3.05, 3.63) is 22.9 Å². The van der Waals surface area contributed by atoms with Crippen LogP contribution in [-0.2, 0) is 0 Å². The third-order valence-electron chi connectivity index (χ3n) is 3.21. The number of nitrogens with two attached hydrogens (primary N) is 1. The molecule has 7 nitrogen and oxygen atoms in total. The summed E-state index contributed by atoms with van der Waals surface area (Å²) in [7, 11) is 0. The zero-order valence-corrected chi connectivity index (χ0v) is 13.7. The molecular weight excluding hydrogens is 368 g/mol. The summed E-state index contributed by atoms with van der Waals surface area (Å²) in [5.74, 6) is 1.22. The molecule has 0 bridgehead atoms. The second kappa shape index (κ2) is 5.33. The average molecular weight is 379 g/mol. The van der Waals surface area contributed by atoms with Crippen molar-refractivity contribution in [2.24, 2.45) is 0 Å². The smallest absolute Gasteiger partial charge is 0.172 e. The van der Waals surface area contributed by atoms with E-state index >= 15 is 0 Å². The van der Waals surface area contributed by atoms with E-state index in [0.717, 1.165) is 27.3 Å². The highest BCUT2D eigenvalue weighted by Crippen LogP contribution is 2.40. The van der Waals surface area contributed by atoms with Gasteiger partial charge < -0.3 is 20.8 Å². The van der Waals surface area contributed by atoms with Crippen LogP contribution in [0.1, 0.15) is 0 Å². The van der Waals surface area contributed by atoms with Gasteiger partial charge in [-0.3, -0.25) is 0 Å². The molecule has 0 saturated heterocycles. The van der Waals surface area contributed by atoms with Gasteiger partial charge in [-0.15, -0.1) is 0 Å². The Morgan fingerprint density at radius 1 is 1.32 bits per heavy atom. The number of fused-ring (bicyclic) bond motifs is 2. The van der Waals surface area contributed by atoms with Gasteiger partial charge in [-0.25, -0.2) is 15.0 Å². The number of nitrogens with one attached hydrogen (secondary N) is 2. The number of imidazole rings is 1. The summed E-state index contributed by atoms with van der Waals surface area (Å²) in [6, 6.07) is 3.99. The predicted molar refractivity (Wildman–Crippen MR) is 88.3 cm³/mol. The van der Waals surface area contributed by atoms with Gasteiger partial charge in [-0.1, -0.05) is 11.8 Å². The van der Waals surface area contributed by atoms with Gasteiger partial charge in [0.15, 0.2) is 22.1 Å². The first-order chi connectivity index (χ1) is 10.7. The van der Waals surface area contributed by atoms with Crippen LogP contribution < -0.4 is 15.8 Å². The first-order valence-corrected chi connectivity index (χ1v) is 8.16. The lowest BCUT2D eigenvalue weighted by Crippen LogP contribution is -2.17. The highest BCUT2D eigenvalue weighted by molar-refractivity contribution is 9.10. The molecule has 0 unspecified atom stereocenters. The summed E-state index contributed by atoms with van der Waals surface area (Å²) in [6.45, 7) is 1.48. The molecule has 22 heavy (non-hydrogen) atoms. The molecule has 112 valence electrons. The molecule has 1 aromatic carbocycles. The van der Waals surface area contributed by atoms with E-state index in [1.807, 2.05) is 12.1 Å². The molecule has 3 heterocycles. The molecule has 4 rings (SSSR count).